The molecule has 3 heterocycles. The monoisotopic (exact) mass is 254 g/mol. The van der Waals surface area contributed by atoms with Crippen molar-refractivity contribution in [2.24, 2.45) is 0 Å². The van der Waals surface area contributed by atoms with Crippen LogP contribution in [0, 0.1) is 6.92 Å². The van der Waals surface area contributed by atoms with Crippen molar-refractivity contribution in [1.82, 2.24) is 15.0 Å². The zero-order valence-corrected chi connectivity index (χ0v) is 11.3. The molecule has 0 fully saturated rings. The van der Waals surface area contributed by atoms with E-state index in [1.165, 1.54) is 12.0 Å². The average Bonchev–Trinajstić information content (AvgIpc) is 2.47. The van der Waals surface area contributed by atoms with Gasteiger partial charge in [-0.15, -0.1) is 0 Å². The minimum atomic E-state index is 0.554. The average molecular weight is 254 g/mol. The van der Waals surface area contributed by atoms with E-state index >= 15 is 0 Å². The van der Waals surface area contributed by atoms with Crippen LogP contribution in [0.5, 0.6) is 0 Å². The molecular weight excluding hydrogens is 236 g/mol. The topological polar surface area (TPSA) is 50.7 Å². The molecule has 4 heteroatoms. The molecule has 2 aromatic heterocycles. The molecule has 19 heavy (non-hydrogen) atoms. The van der Waals surface area contributed by atoms with Gasteiger partial charge in [0.2, 0.25) is 0 Å². The van der Waals surface area contributed by atoms with Crippen LogP contribution in [-0.4, -0.2) is 21.0 Å². The fraction of sp³-hybridized carbons (Fsp3) is 0.400. The molecule has 1 unspecified atom stereocenters. The highest BCUT2D eigenvalue weighted by atomic mass is 15.0. The molecule has 0 bridgehead atoms. The number of hydrogen-bond acceptors (Lipinski definition) is 4. The lowest BCUT2D eigenvalue weighted by atomic mass is 9.97. The van der Waals surface area contributed by atoms with Crippen molar-refractivity contribution in [1.29, 1.82) is 0 Å². The normalized spacial score (nSPS) is 17.7. The lowest BCUT2D eigenvalue weighted by Crippen LogP contribution is -2.25. The smallest absolute Gasteiger partial charge is 0.160 e. The first kappa shape index (κ1) is 12.1. The first-order chi connectivity index (χ1) is 9.28. The second kappa shape index (κ2) is 4.96. The van der Waals surface area contributed by atoms with Crippen molar-refractivity contribution in [3.8, 4) is 11.4 Å². The van der Waals surface area contributed by atoms with Gasteiger partial charge in [-0.1, -0.05) is 6.92 Å². The lowest BCUT2D eigenvalue weighted by Gasteiger charge is -2.26. The molecule has 0 saturated heterocycles. The highest BCUT2D eigenvalue weighted by Crippen LogP contribution is 2.29. The number of hydrogen-bond donors (Lipinski definition) is 1. The number of aryl methyl sites for hydroxylation is 2. The molecule has 0 spiro atoms. The van der Waals surface area contributed by atoms with Crippen molar-refractivity contribution in [3.63, 3.8) is 0 Å². The summed E-state index contributed by atoms with van der Waals surface area (Å²) in [5, 5.41) is 3.51. The first-order valence-electron chi connectivity index (χ1n) is 6.82. The highest BCUT2D eigenvalue weighted by molar-refractivity contribution is 5.64. The summed E-state index contributed by atoms with van der Waals surface area (Å²) in [5.41, 5.74) is 3.29. The van der Waals surface area contributed by atoms with Gasteiger partial charge in [-0.05, 0) is 43.9 Å². The molecule has 2 aromatic rings. The number of fused-ring (bicyclic) bond motifs is 1. The SMILES string of the molecule is CCC1CCc2cc(-c3ncccn3)c(C)nc2N1. The Balaban J connectivity index is 2.01. The van der Waals surface area contributed by atoms with E-state index in [0.29, 0.717) is 6.04 Å². The van der Waals surface area contributed by atoms with Gasteiger partial charge in [0.25, 0.3) is 0 Å². The summed E-state index contributed by atoms with van der Waals surface area (Å²) in [6.45, 7) is 4.23. The van der Waals surface area contributed by atoms with Crippen LogP contribution in [0.4, 0.5) is 5.82 Å². The van der Waals surface area contributed by atoms with E-state index in [2.05, 4.69) is 28.3 Å². The maximum atomic E-state index is 4.70. The Bertz CT molecular complexity index is 580. The minimum Gasteiger partial charge on any atom is -0.367 e. The van der Waals surface area contributed by atoms with E-state index in [1.54, 1.807) is 12.4 Å². The van der Waals surface area contributed by atoms with Crippen molar-refractivity contribution in [2.45, 2.75) is 39.2 Å². The summed E-state index contributed by atoms with van der Waals surface area (Å²) < 4.78 is 0. The molecule has 98 valence electrons. The van der Waals surface area contributed by atoms with E-state index < -0.39 is 0 Å². The number of anilines is 1. The quantitative estimate of drug-likeness (QED) is 0.895. The fourth-order valence-corrected chi connectivity index (χ4v) is 2.53. The number of rotatable bonds is 2. The second-order valence-corrected chi connectivity index (χ2v) is 4.99. The van der Waals surface area contributed by atoms with Gasteiger partial charge in [0.05, 0.1) is 5.69 Å². The van der Waals surface area contributed by atoms with Gasteiger partial charge in [-0.2, -0.15) is 0 Å². The molecule has 0 aliphatic carbocycles. The fourth-order valence-electron chi connectivity index (χ4n) is 2.53. The van der Waals surface area contributed by atoms with Crippen LogP contribution in [0.3, 0.4) is 0 Å². The summed E-state index contributed by atoms with van der Waals surface area (Å²) in [7, 11) is 0. The van der Waals surface area contributed by atoms with Crippen molar-refractivity contribution >= 4 is 5.82 Å². The van der Waals surface area contributed by atoms with Gasteiger partial charge in [0.15, 0.2) is 5.82 Å². The molecular formula is C15H18N4. The van der Waals surface area contributed by atoms with Crippen LogP contribution in [0.25, 0.3) is 11.4 Å². The van der Waals surface area contributed by atoms with Crippen LogP contribution in [-0.2, 0) is 6.42 Å². The first-order valence-corrected chi connectivity index (χ1v) is 6.82. The van der Waals surface area contributed by atoms with Gasteiger partial charge in [0.1, 0.15) is 5.82 Å². The molecule has 1 aliphatic heterocycles. The predicted molar refractivity (Wildman–Crippen MR) is 76.0 cm³/mol. The Labute approximate surface area is 113 Å². The second-order valence-electron chi connectivity index (χ2n) is 4.99. The highest BCUT2D eigenvalue weighted by Gasteiger charge is 2.19. The van der Waals surface area contributed by atoms with E-state index in [0.717, 1.165) is 35.7 Å². The third kappa shape index (κ3) is 2.30. The molecule has 3 rings (SSSR count). The number of nitrogens with zero attached hydrogens (tertiary/aromatic N) is 3. The summed E-state index contributed by atoms with van der Waals surface area (Å²) in [6.07, 6.45) is 6.93. The van der Waals surface area contributed by atoms with E-state index in [4.69, 9.17) is 4.98 Å². The minimum absolute atomic E-state index is 0.554. The molecule has 0 saturated carbocycles. The van der Waals surface area contributed by atoms with E-state index in [-0.39, 0.29) is 0 Å². The molecule has 0 amide bonds. The maximum Gasteiger partial charge on any atom is 0.160 e. The maximum absolute atomic E-state index is 4.70. The van der Waals surface area contributed by atoms with E-state index in [9.17, 15) is 0 Å². The Morgan fingerprint density at radius 1 is 1.32 bits per heavy atom. The predicted octanol–water partition coefficient (Wildman–Crippen LogP) is 2.98. The van der Waals surface area contributed by atoms with Crippen molar-refractivity contribution in [2.75, 3.05) is 5.32 Å². The summed E-state index contributed by atoms with van der Waals surface area (Å²) in [5.74, 6) is 1.79. The van der Waals surface area contributed by atoms with Crippen LogP contribution in [0.2, 0.25) is 0 Å². The zero-order chi connectivity index (χ0) is 13.2. The molecule has 4 nitrogen and oxygen atoms in total. The number of pyridine rings is 1. The van der Waals surface area contributed by atoms with Crippen molar-refractivity contribution in [3.05, 3.63) is 35.8 Å². The summed E-state index contributed by atoms with van der Waals surface area (Å²) in [6, 6.07) is 4.57. The van der Waals surface area contributed by atoms with Gasteiger partial charge < -0.3 is 5.32 Å². The molecule has 1 N–H and O–H groups in total. The van der Waals surface area contributed by atoms with Crippen LogP contribution >= 0.6 is 0 Å². The Morgan fingerprint density at radius 2 is 2.11 bits per heavy atom. The molecule has 1 atom stereocenters. The van der Waals surface area contributed by atoms with Crippen LogP contribution in [0.1, 0.15) is 31.0 Å². The van der Waals surface area contributed by atoms with Gasteiger partial charge in [-0.25, -0.2) is 15.0 Å². The van der Waals surface area contributed by atoms with E-state index in [1.807, 2.05) is 13.0 Å². The van der Waals surface area contributed by atoms with Crippen molar-refractivity contribution < 1.29 is 0 Å². The van der Waals surface area contributed by atoms with Gasteiger partial charge in [0, 0.05) is 24.0 Å². The Hall–Kier alpha value is -1.97. The Morgan fingerprint density at radius 3 is 2.84 bits per heavy atom. The molecule has 1 aliphatic rings. The number of aromatic nitrogens is 3. The van der Waals surface area contributed by atoms with Gasteiger partial charge in [-0.3, -0.25) is 0 Å². The zero-order valence-electron chi connectivity index (χ0n) is 11.3. The summed E-state index contributed by atoms with van der Waals surface area (Å²) >= 11 is 0. The van der Waals surface area contributed by atoms with Gasteiger partial charge >= 0.3 is 0 Å². The van der Waals surface area contributed by atoms with Crippen LogP contribution < -0.4 is 5.32 Å². The third-order valence-electron chi connectivity index (χ3n) is 3.69. The molecule has 0 aromatic carbocycles. The Kier molecular flexibility index (Phi) is 3.15. The standard InChI is InChI=1S/C15H18N4/c1-3-12-6-5-11-9-13(10(2)18-14(11)19-12)15-16-7-4-8-17-15/h4,7-9,12H,3,5-6H2,1-2H3,(H,18,19). The summed E-state index contributed by atoms with van der Waals surface area (Å²) in [4.78, 5) is 13.3. The van der Waals surface area contributed by atoms with Crippen LogP contribution in [0.15, 0.2) is 24.5 Å². The molecule has 0 radical (unpaired) electrons. The third-order valence-corrected chi connectivity index (χ3v) is 3.69. The number of nitrogens with one attached hydrogen (secondary N) is 1. The largest absolute Gasteiger partial charge is 0.367 e. The lowest BCUT2D eigenvalue weighted by molar-refractivity contribution is 0.608.